The third-order valence-electron chi connectivity index (χ3n) is 7.20. The molecule has 0 aliphatic heterocycles. The zero-order chi connectivity index (χ0) is 31.5. The number of carboxylic acids is 1. The Labute approximate surface area is 242 Å². The van der Waals surface area contributed by atoms with Crippen LogP contribution >= 0.6 is 0 Å². The summed E-state index contributed by atoms with van der Waals surface area (Å²) >= 11 is 0. The van der Waals surface area contributed by atoms with Crippen molar-refractivity contribution in [1.29, 1.82) is 0 Å². The number of aromatic nitrogens is 3. The van der Waals surface area contributed by atoms with Crippen LogP contribution in [-0.4, -0.2) is 63.2 Å². The van der Waals surface area contributed by atoms with Gasteiger partial charge in [-0.25, -0.2) is 8.78 Å². The number of carbonyl (C=O) groups excluding carboxylic acids is 2. The molecule has 3 aromatic rings. The maximum Gasteiger partial charge on any atom is 0.433 e. The molecule has 1 N–H and O–H groups in total. The summed E-state index contributed by atoms with van der Waals surface area (Å²) in [6, 6.07) is 1.53. The topological polar surface area (TPSA) is 124 Å². The highest BCUT2D eigenvalue weighted by molar-refractivity contribution is 6.05. The monoisotopic (exact) mass is 610 g/mol. The van der Waals surface area contributed by atoms with E-state index in [4.69, 9.17) is 9.47 Å². The Bertz CT molecular complexity index is 1480. The molecule has 0 unspecified atom stereocenters. The summed E-state index contributed by atoms with van der Waals surface area (Å²) in [5, 5.41) is 13.1. The van der Waals surface area contributed by atoms with E-state index in [0.717, 1.165) is 18.3 Å². The summed E-state index contributed by atoms with van der Waals surface area (Å²) < 4.78 is 82.3. The number of Topliss-reactive ketones (excluding diaryl/α,β-unsaturated/α-hetero) is 1. The lowest BCUT2D eigenvalue weighted by Crippen LogP contribution is -2.37. The number of aliphatic carboxylic acids is 1. The van der Waals surface area contributed by atoms with Gasteiger partial charge >= 0.3 is 12.1 Å². The normalized spacial score (nSPS) is 16.9. The first-order valence-electron chi connectivity index (χ1n) is 13.0. The van der Waals surface area contributed by atoms with Gasteiger partial charge in [-0.15, -0.1) is 0 Å². The van der Waals surface area contributed by atoms with E-state index in [1.54, 1.807) is 0 Å². The highest BCUT2D eigenvalue weighted by atomic mass is 19.4. The third kappa shape index (κ3) is 6.92. The van der Waals surface area contributed by atoms with Gasteiger partial charge in [-0.2, -0.15) is 18.3 Å². The fraction of sp³-hybridized carbons (Fsp3) is 0.393. The Kier molecular flexibility index (Phi) is 9.30. The number of ether oxygens (including phenoxy) is 2. The van der Waals surface area contributed by atoms with E-state index in [1.165, 1.54) is 26.6 Å². The molecule has 15 heteroatoms. The van der Waals surface area contributed by atoms with Crippen LogP contribution in [-0.2, 0) is 17.5 Å². The largest absolute Gasteiger partial charge is 0.494 e. The number of carbonyl (C=O) groups is 3. The van der Waals surface area contributed by atoms with E-state index in [0.29, 0.717) is 15.6 Å². The summed E-state index contributed by atoms with van der Waals surface area (Å²) in [4.78, 5) is 43.2. The first-order valence-corrected chi connectivity index (χ1v) is 13.0. The number of alkyl halides is 3. The van der Waals surface area contributed by atoms with Gasteiger partial charge < -0.3 is 19.5 Å². The number of rotatable bonds is 10. The SMILES string of the molecule is COc1cncc(OC)c1C(=O)CN(Cc1cc(F)cc(F)c1)C(=O)c1cnn([C@H]2CC[C@H](C(=O)O)CC2)c1C(F)(F)F. The van der Waals surface area contributed by atoms with Gasteiger partial charge in [0.1, 0.15) is 17.2 Å². The molecule has 0 bridgehead atoms. The fourth-order valence-corrected chi connectivity index (χ4v) is 5.20. The lowest BCUT2D eigenvalue weighted by Gasteiger charge is -2.28. The number of halogens is 5. The molecule has 2 aromatic heterocycles. The Morgan fingerprint density at radius 1 is 0.977 bits per heavy atom. The molecule has 230 valence electrons. The Morgan fingerprint density at radius 3 is 2.07 bits per heavy atom. The van der Waals surface area contributed by atoms with Crippen LogP contribution in [0.5, 0.6) is 11.5 Å². The fourth-order valence-electron chi connectivity index (χ4n) is 5.20. The van der Waals surface area contributed by atoms with Crippen molar-refractivity contribution in [2.45, 2.75) is 44.4 Å². The van der Waals surface area contributed by atoms with E-state index in [1.807, 2.05) is 0 Å². The third-order valence-corrected chi connectivity index (χ3v) is 7.20. The van der Waals surface area contributed by atoms with E-state index < -0.39 is 71.8 Å². The number of hydrogen-bond donors (Lipinski definition) is 1. The highest BCUT2D eigenvalue weighted by Gasteiger charge is 2.43. The zero-order valence-corrected chi connectivity index (χ0v) is 23.0. The number of amides is 1. The standard InChI is InChI=1S/C28H27F5N4O6/c1-42-22-11-34-12-23(43-2)24(22)21(38)14-36(13-15-7-17(29)9-18(30)8-15)26(39)20-10-35-37(25(20)28(31,32)33)19-5-3-16(4-6-19)27(40)41/h7-12,16,19H,3-6,13-14H2,1-2H3,(H,40,41)/t16-,19-. The minimum absolute atomic E-state index is 0.0330. The number of pyridine rings is 1. The van der Waals surface area contributed by atoms with Crippen molar-refractivity contribution in [3.8, 4) is 11.5 Å². The average molecular weight is 611 g/mol. The Balaban J connectivity index is 1.75. The van der Waals surface area contributed by atoms with Gasteiger partial charge in [0, 0.05) is 12.6 Å². The summed E-state index contributed by atoms with van der Waals surface area (Å²) in [7, 11) is 2.50. The van der Waals surface area contributed by atoms with Gasteiger partial charge in [0.05, 0.1) is 56.9 Å². The molecule has 1 aromatic carbocycles. The van der Waals surface area contributed by atoms with Crippen LogP contribution < -0.4 is 9.47 Å². The molecule has 1 saturated carbocycles. The molecule has 43 heavy (non-hydrogen) atoms. The molecular formula is C28H27F5N4O6. The molecule has 4 rings (SSSR count). The summed E-state index contributed by atoms with van der Waals surface area (Å²) in [6.45, 7) is -1.47. The maximum atomic E-state index is 14.5. The number of methoxy groups -OCH3 is 2. The van der Waals surface area contributed by atoms with Crippen LogP contribution in [0.15, 0.2) is 36.8 Å². The van der Waals surface area contributed by atoms with Crippen molar-refractivity contribution < 1.29 is 50.9 Å². The van der Waals surface area contributed by atoms with E-state index in [-0.39, 0.29) is 48.3 Å². The van der Waals surface area contributed by atoms with Crippen LogP contribution in [0, 0.1) is 17.6 Å². The van der Waals surface area contributed by atoms with Crippen LogP contribution in [0.2, 0.25) is 0 Å². The maximum absolute atomic E-state index is 14.5. The van der Waals surface area contributed by atoms with Gasteiger partial charge in [-0.3, -0.25) is 24.0 Å². The van der Waals surface area contributed by atoms with Crippen molar-refractivity contribution >= 4 is 17.7 Å². The quantitative estimate of drug-likeness (QED) is 0.253. The smallest absolute Gasteiger partial charge is 0.433 e. The molecule has 10 nitrogen and oxygen atoms in total. The van der Waals surface area contributed by atoms with Crippen molar-refractivity contribution in [2.75, 3.05) is 20.8 Å². The van der Waals surface area contributed by atoms with Gasteiger partial charge in [0.25, 0.3) is 5.91 Å². The van der Waals surface area contributed by atoms with E-state index in [2.05, 4.69) is 10.1 Å². The second-order valence-electron chi connectivity index (χ2n) is 9.97. The molecule has 1 amide bonds. The van der Waals surface area contributed by atoms with Crippen LogP contribution in [0.4, 0.5) is 22.0 Å². The Morgan fingerprint density at radius 2 is 1.56 bits per heavy atom. The second-order valence-corrected chi connectivity index (χ2v) is 9.97. The van der Waals surface area contributed by atoms with E-state index >= 15 is 0 Å². The van der Waals surface area contributed by atoms with Crippen molar-refractivity contribution in [3.63, 3.8) is 0 Å². The summed E-state index contributed by atoms with van der Waals surface area (Å²) in [5.41, 5.74) is -2.53. The van der Waals surface area contributed by atoms with Gasteiger partial charge in [0.2, 0.25) is 0 Å². The van der Waals surface area contributed by atoms with Crippen LogP contribution in [0.1, 0.15) is 63.7 Å². The number of ketones is 1. The lowest BCUT2D eigenvalue weighted by molar-refractivity contribution is -0.147. The second kappa shape index (κ2) is 12.8. The first kappa shape index (κ1) is 31.4. The van der Waals surface area contributed by atoms with Gasteiger partial charge in [0.15, 0.2) is 23.0 Å². The van der Waals surface area contributed by atoms with Crippen LogP contribution in [0.25, 0.3) is 0 Å². The van der Waals surface area contributed by atoms with Crippen molar-refractivity contribution in [3.05, 3.63) is 70.8 Å². The lowest BCUT2D eigenvalue weighted by atomic mass is 9.86. The summed E-state index contributed by atoms with van der Waals surface area (Å²) in [5.74, 6) is -5.88. The molecular weight excluding hydrogens is 583 g/mol. The number of nitrogens with zero attached hydrogens (tertiary/aromatic N) is 4. The zero-order valence-electron chi connectivity index (χ0n) is 23.0. The molecule has 0 spiro atoms. The molecule has 1 aliphatic carbocycles. The van der Waals surface area contributed by atoms with E-state index in [9.17, 15) is 41.4 Å². The van der Waals surface area contributed by atoms with Gasteiger partial charge in [-0.05, 0) is 43.4 Å². The predicted octanol–water partition coefficient (Wildman–Crippen LogP) is 4.93. The average Bonchev–Trinajstić information content (AvgIpc) is 3.41. The molecule has 0 saturated heterocycles. The molecule has 2 heterocycles. The Hall–Kier alpha value is -4.56. The van der Waals surface area contributed by atoms with Crippen molar-refractivity contribution in [2.24, 2.45) is 5.92 Å². The highest BCUT2D eigenvalue weighted by Crippen LogP contribution is 2.39. The molecule has 1 aliphatic rings. The minimum atomic E-state index is -5.07. The number of hydrogen-bond acceptors (Lipinski definition) is 7. The summed E-state index contributed by atoms with van der Waals surface area (Å²) in [6.07, 6.45) is -1.51. The van der Waals surface area contributed by atoms with Gasteiger partial charge in [-0.1, -0.05) is 0 Å². The number of benzene rings is 1. The minimum Gasteiger partial charge on any atom is -0.494 e. The molecule has 0 radical (unpaired) electrons. The first-order chi connectivity index (χ1) is 20.3. The van der Waals surface area contributed by atoms with Crippen LogP contribution in [0.3, 0.4) is 0 Å². The predicted molar refractivity (Wildman–Crippen MR) is 139 cm³/mol. The molecule has 1 fully saturated rings. The van der Waals surface area contributed by atoms with Crippen molar-refractivity contribution in [1.82, 2.24) is 19.7 Å². The molecule has 0 atom stereocenters. The number of carboxylic acid groups (broad SMARTS) is 1.